The molecule has 0 spiro atoms. The van der Waals surface area contributed by atoms with Crippen LogP contribution in [0.15, 0.2) is 82.7 Å². The van der Waals surface area contributed by atoms with E-state index in [0.717, 1.165) is 11.1 Å². The van der Waals surface area contributed by atoms with Gasteiger partial charge in [0.05, 0.1) is 5.39 Å². The van der Waals surface area contributed by atoms with Gasteiger partial charge in [-0.1, -0.05) is 60.7 Å². The summed E-state index contributed by atoms with van der Waals surface area (Å²) in [5.41, 5.74) is 2.71. The third-order valence-electron chi connectivity index (χ3n) is 4.20. The van der Waals surface area contributed by atoms with Crippen molar-refractivity contribution in [2.75, 3.05) is 6.26 Å². The van der Waals surface area contributed by atoms with Gasteiger partial charge in [-0.25, -0.2) is 9.97 Å². The van der Waals surface area contributed by atoms with E-state index in [9.17, 15) is 4.79 Å². The van der Waals surface area contributed by atoms with Crippen LogP contribution in [0, 0.1) is 0 Å². The number of hydrogen-bond acceptors (Lipinski definition) is 4. The Morgan fingerprint density at radius 1 is 0.923 bits per heavy atom. The number of hydrogen-bond donors (Lipinski definition) is 0. The molecule has 0 aliphatic rings. The predicted octanol–water partition coefficient (Wildman–Crippen LogP) is 4.23. The van der Waals surface area contributed by atoms with Gasteiger partial charge in [-0.05, 0) is 11.8 Å². The van der Waals surface area contributed by atoms with Crippen LogP contribution < -0.4 is 5.43 Å². The van der Waals surface area contributed by atoms with Crippen molar-refractivity contribution < 1.29 is 0 Å². The second kappa shape index (κ2) is 7.14. The van der Waals surface area contributed by atoms with Crippen molar-refractivity contribution in [1.82, 2.24) is 14.5 Å². The lowest BCUT2D eigenvalue weighted by atomic mass is 10.2. The number of benzene rings is 2. The molecule has 0 fully saturated rings. The van der Waals surface area contributed by atoms with Crippen LogP contribution in [0.25, 0.3) is 22.4 Å². The van der Waals surface area contributed by atoms with E-state index >= 15 is 0 Å². The standard InChI is InChI=1S/C21H17N3OS/c1-26-21-18-17(25)12-13-24(14-15-8-4-2-5-9-15)20(18)22-19(23-21)16-10-6-3-7-11-16/h2-13H,14H2,1H3. The van der Waals surface area contributed by atoms with E-state index < -0.39 is 0 Å². The first kappa shape index (κ1) is 16.5. The van der Waals surface area contributed by atoms with E-state index in [1.807, 2.05) is 65.6 Å². The number of nitrogens with zero attached hydrogens (tertiary/aromatic N) is 3. The van der Waals surface area contributed by atoms with E-state index in [1.165, 1.54) is 11.8 Å². The number of pyridine rings is 1. The third kappa shape index (κ3) is 3.13. The maximum absolute atomic E-state index is 12.5. The minimum atomic E-state index is -0.0479. The van der Waals surface area contributed by atoms with Crippen molar-refractivity contribution in [1.29, 1.82) is 0 Å². The molecule has 4 nitrogen and oxygen atoms in total. The van der Waals surface area contributed by atoms with E-state index in [2.05, 4.69) is 17.1 Å². The average molecular weight is 359 g/mol. The predicted molar refractivity (Wildman–Crippen MR) is 107 cm³/mol. The molecule has 0 saturated carbocycles. The van der Waals surface area contributed by atoms with Gasteiger partial charge in [0.2, 0.25) is 0 Å². The molecule has 0 unspecified atom stereocenters. The normalized spacial score (nSPS) is 11.0. The van der Waals surface area contributed by atoms with E-state index in [0.29, 0.717) is 28.4 Å². The van der Waals surface area contributed by atoms with E-state index in [4.69, 9.17) is 4.98 Å². The van der Waals surface area contributed by atoms with Crippen LogP contribution in [0.2, 0.25) is 0 Å². The molecular formula is C21H17N3OS. The van der Waals surface area contributed by atoms with Gasteiger partial charge in [-0.3, -0.25) is 4.79 Å². The molecular weight excluding hydrogens is 342 g/mol. The van der Waals surface area contributed by atoms with Gasteiger partial charge < -0.3 is 4.57 Å². The molecule has 0 amide bonds. The Balaban J connectivity index is 1.95. The molecule has 4 rings (SSSR count). The largest absolute Gasteiger partial charge is 0.328 e. The summed E-state index contributed by atoms with van der Waals surface area (Å²) in [6, 6.07) is 21.6. The molecule has 0 saturated heterocycles. The summed E-state index contributed by atoms with van der Waals surface area (Å²) in [4.78, 5) is 21.9. The molecule has 0 bridgehead atoms. The van der Waals surface area contributed by atoms with Crippen LogP contribution in [0.1, 0.15) is 5.56 Å². The van der Waals surface area contributed by atoms with Crippen molar-refractivity contribution in [3.05, 3.63) is 88.7 Å². The number of fused-ring (bicyclic) bond motifs is 1. The molecule has 128 valence electrons. The molecule has 2 aromatic carbocycles. The van der Waals surface area contributed by atoms with Gasteiger partial charge in [-0.15, -0.1) is 11.8 Å². The smallest absolute Gasteiger partial charge is 0.193 e. The summed E-state index contributed by atoms with van der Waals surface area (Å²) in [6.07, 6.45) is 3.74. The summed E-state index contributed by atoms with van der Waals surface area (Å²) in [5.74, 6) is 0.634. The summed E-state index contributed by atoms with van der Waals surface area (Å²) in [5, 5.41) is 1.29. The Morgan fingerprint density at radius 3 is 2.31 bits per heavy atom. The monoisotopic (exact) mass is 359 g/mol. The fourth-order valence-electron chi connectivity index (χ4n) is 2.94. The zero-order chi connectivity index (χ0) is 17.9. The van der Waals surface area contributed by atoms with Gasteiger partial charge in [0.1, 0.15) is 10.7 Å². The first-order valence-electron chi connectivity index (χ1n) is 8.31. The molecule has 0 N–H and O–H groups in total. The minimum Gasteiger partial charge on any atom is -0.328 e. The van der Waals surface area contributed by atoms with Crippen LogP contribution in [0.5, 0.6) is 0 Å². The fourth-order valence-corrected chi connectivity index (χ4v) is 3.51. The van der Waals surface area contributed by atoms with Crippen molar-refractivity contribution in [2.45, 2.75) is 11.6 Å². The zero-order valence-corrected chi connectivity index (χ0v) is 15.1. The van der Waals surface area contributed by atoms with Crippen molar-refractivity contribution in [3.8, 4) is 11.4 Å². The zero-order valence-electron chi connectivity index (χ0n) is 14.3. The molecule has 2 heterocycles. The van der Waals surface area contributed by atoms with E-state index in [1.54, 1.807) is 6.07 Å². The Morgan fingerprint density at radius 2 is 1.62 bits per heavy atom. The maximum atomic E-state index is 12.5. The summed E-state index contributed by atoms with van der Waals surface area (Å²) >= 11 is 1.47. The highest BCUT2D eigenvalue weighted by Crippen LogP contribution is 2.25. The Labute approximate surface area is 155 Å². The topological polar surface area (TPSA) is 47.8 Å². The quantitative estimate of drug-likeness (QED) is 0.404. The van der Waals surface area contributed by atoms with Crippen molar-refractivity contribution >= 4 is 22.8 Å². The van der Waals surface area contributed by atoms with Crippen LogP contribution in [0.4, 0.5) is 0 Å². The second-order valence-electron chi connectivity index (χ2n) is 5.91. The SMILES string of the molecule is CSc1nc(-c2ccccc2)nc2c1c(=O)ccn2Cc1ccccc1. The fraction of sp³-hybridized carbons (Fsp3) is 0.0952. The molecule has 0 radical (unpaired) electrons. The maximum Gasteiger partial charge on any atom is 0.193 e. The summed E-state index contributed by atoms with van der Waals surface area (Å²) < 4.78 is 2.01. The molecule has 0 aliphatic heterocycles. The third-order valence-corrected chi connectivity index (χ3v) is 4.88. The Kier molecular flexibility index (Phi) is 4.54. The minimum absolute atomic E-state index is 0.0479. The molecule has 0 atom stereocenters. The molecule has 4 aromatic rings. The number of thioether (sulfide) groups is 1. The van der Waals surface area contributed by atoms with Crippen molar-refractivity contribution in [3.63, 3.8) is 0 Å². The molecule has 2 aromatic heterocycles. The lowest BCUT2D eigenvalue weighted by Gasteiger charge is -2.13. The lowest BCUT2D eigenvalue weighted by Crippen LogP contribution is -2.13. The summed E-state index contributed by atoms with van der Waals surface area (Å²) in [6.45, 7) is 0.649. The lowest BCUT2D eigenvalue weighted by molar-refractivity contribution is 0.808. The highest BCUT2D eigenvalue weighted by atomic mass is 32.2. The second-order valence-corrected chi connectivity index (χ2v) is 6.71. The Bertz CT molecular complexity index is 1110. The van der Waals surface area contributed by atoms with Crippen LogP contribution >= 0.6 is 11.8 Å². The Hall–Kier alpha value is -2.92. The van der Waals surface area contributed by atoms with Gasteiger partial charge in [0.15, 0.2) is 11.3 Å². The summed E-state index contributed by atoms with van der Waals surface area (Å²) in [7, 11) is 0. The van der Waals surface area contributed by atoms with Crippen LogP contribution in [0.3, 0.4) is 0 Å². The average Bonchev–Trinajstić information content (AvgIpc) is 2.71. The van der Waals surface area contributed by atoms with Gasteiger partial charge in [0.25, 0.3) is 0 Å². The van der Waals surface area contributed by atoms with E-state index in [-0.39, 0.29) is 5.43 Å². The molecule has 26 heavy (non-hydrogen) atoms. The first-order chi connectivity index (χ1) is 12.8. The molecule has 5 heteroatoms. The van der Waals surface area contributed by atoms with Crippen molar-refractivity contribution in [2.24, 2.45) is 0 Å². The van der Waals surface area contributed by atoms with Crippen LogP contribution in [-0.2, 0) is 6.54 Å². The van der Waals surface area contributed by atoms with Crippen LogP contribution in [-0.4, -0.2) is 20.8 Å². The first-order valence-corrected chi connectivity index (χ1v) is 9.53. The highest BCUT2D eigenvalue weighted by Gasteiger charge is 2.14. The van der Waals surface area contributed by atoms with Gasteiger partial charge in [-0.2, -0.15) is 0 Å². The molecule has 0 aliphatic carbocycles. The number of aromatic nitrogens is 3. The van der Waals surface area contributed by atoms with Gasteiger partial charge >= 0.3 is 0 Å². The highest BCUT2D eigenvalue weighted by molar-refractivity contribution is 7.98. The van der Waals surface area contributed by atoms with Gasteiger partial charge in [0, 0.05) is 24.4 Å². The number of rotatable bonds is 4.